The van der Waals surface area contributed by atoms with Gasteiger partial charge in [-0.2, -0.15) is 0 Å². The fourth-order valence-electron chi connectivity index (χ4n) is 2.42. The van der Waals surface area contributed by atoms with E-state index in [1.165, 1.54) is 12.1 Å². The average Bonchev–Trinajstić information content (AvgIpc) is 2.77. The molecule has 20 heavy (non-hydrogen) atoms. The van der Waals surface area contributed by atoms with Crippen molar-refractivity contribution in [2.75, 3.05) is 0 Å². The van der Waals surface area contributed by atoms with Crippen molar-refractivity contribution in [2.24, 2.45) is 0 Å². The lowest BCUT2D eigenvalue weighted by Crippen LogP contribution is -2.07. The van der Waals surface area contributed by atoms with E-state index >= 15 is 0 Å². The van der Waals surface area contributed by atoms with Crippen molar-refractivity contribution in [3.63, 3.8) is 0 Å². The Hall–Kier alpha value is -2.23. The van der Waals surface area contributed by atoms with E-state index in [-0.39, 0.29) is 11.7 Å². The monoisotopic (exact) mass is 274 g/mol. The predicted molar refractivity (Wildman–Crippen MR) is 70.0 cm³/mol. The van der Waals surface area contributed by atoms with Gasteiger partial charge in [-0.1, -0.05) is 6.07 Å². The number of hydrogen-bond donors (Lipinski definition) is 0. The van der Waals surface area contributed by atoms with E-state index in [1.54, 1.807) is 12.1 Å². The van der Waals surface area contributed by atoms with Gasteiger partial charge in [0, 0.05) is 12.0 Å². The zero-order valence-electron chi connectivity index (χ0n) is 10.8. The molecule has 3 rings (SSSR count). The molecule has 0 aromatic heterocycles. The summed E-state index contributed by atoms with van der Waals surface area (Å²) in [7, 11) is 0. The fourth-order valence-corrected chi connectivity index (χ4v) is 2.42. The van der Waals surface area contributed by atoms with Crippen molar-refractivity contribution in [1.29, 1.82) is 0 Å². The third kappa shape index (κ3) is 2.07. The molecule has 0 aliphatic carbocycles. The van der Waals surface area contributed by atoms with Crippen LogP contribution in [0.4, 0.5) is 8.78 Å². The lowest BCUT2D eigenvalue weighted by molar-refractivity contribution is 0.103. The molecular formula is C16H12F2O2. The van der Waals surface area contributed by atoms with Crippen LogP contribution < -0.4 is 4.74 Å². The van der Waals surface area contributed by atoms with E-state index in [1.807, 2.05) is 6.92 Å². The molecule has 0 bridgehead atoms. The second kappa shape index (κ2) is 4.71. The van der Waals surface area contributed by atoms with Crippen LogP contribution in [0, 0.1) is 11.6 Å². The van der Waals surface area contributed by atoms with Crippen molar-refractivity contribution < 1.29 is 18.3 Å². The maximum atomic E-state index is 13.6. The quantitative estimate of drug-likeness (QED) is 0.783. The average molecular weight is 274 g/mol. The van der Waals surface area contributed by atoms with Gasteiger partial charge in [-0.25, -0.2) is 8.78 Å². The molecule has 1 aliphatic rings. The van der Waals surface area contributed by atoms with Crippen molar-refractivity contribution >= 4 is 5.78 Å². The maximum Gasteiger partial charge on any atom is 0.198 e. The van der Waals surface area contributed by atoms with Crippen LogP contribution in [0.2, 0.25) is 0 Å². The van der Waals surface area contributed by atoms with Gasteiger partial charge in [0.15, 0.2) is 5.78 Å². The Morgan fingerprint density at radius 3 is 2.60 bits per heavy atom. The minimum absolute atomic E-state index is 0.0561. The molecule has 2 aromatic rings. The largest absolute Gasteiger partial charge is 0.490 e. The summed E-state index contributed by atoms with van der Waals surface area (Å²) in [4.78, 5) is 12.2. The molecule has 0 radical (unpaired) electrons. The molecule has 1 heterocycles. The highest BCUT2D eigenvalue weighted by atomic mass is 19.1. The molecule has 0 amide bonds. The van der Waals surface area contributed by atoms with Gasteiger partial charge in [-0.3, -0.25) is 4.79 Å². The first kappa shape index (κ1) is 12.8. The second-order valence-corrected chi connectivity index (χ2v) is 4.88. The van der Waals surface area contributed by atoms with Gasteiger partial charge in [0.1, 0.15) is 23.5 Å². The van der Waals surface area contributed by atoms with E-state index in [4.69, 9.17) is 4.74 Å². The van der Waals surface area contributed by atoms with E-state index in [2.05, 4.69) is 0 Å². The summed E-state index contributed by atoms with van der Waals surface area (Å²) in [5, 5.41) is 0. The van der Waals surface area contributed by atoms with Crippen molar-refractivity contribution in [1.82, 2.24) is 0 Å². The van der Waals surface area contributed by atoms with Crippen molar-refractivity contribution in [3.8, 4) is 5.75 Å². The Labute approximate surface area is 115 Å². The summed E-state index contributed by atoms with van der Waals surface area (Å²) < 4.78 is 32.8. The maximum absolute atomic E-state index is 13.6. The molecule has 1 aliphatic heterocycles. The Bertz CT molecular complexity index is 675. The lowest BCUT2D eigenvalue weighted by atomic mass is 9.99. The van der Waals surface area contributed by atoms with Gasteiger partial charge in [0.05, 0.1) is 5.56 Å². The SMILES string of the molecule is CC1Cc2cc(C(=O)c3c(F)cccc3F)ccc2O1. The highest BCUT2D eigenvalue weighted by Gasteiger charge is 2.23. The van der Waals surface area contributed by atoms with E-state index in [0.29, 0.717) is 6.42 Å². The zero-order chi connectivity index (χ0) is 14.3. The predicted octanol–water partition coefficient (Wildman–Crippen LogP) is 3.52. The number of hydrogen-bond acceptors (Lipinski definition) is 2. The lowest BCUT2D eigenvalue weighted by Gasteiger charge is -2.06. The highest BCUT2D eigenvalue weighted by Crippen LogP contribution is 2.30. The zero-order valence-corrected chi connectivity index (χ0v) is 10.8. The minimum Gasteiger partial charge on any atom is -0.490 e. The van der Waals surface area contributed by atoms with Gasteiger partial charge < -0.3 is 4.74 Å². The Kier molecular flexibility index (Phi) is 3.01. The van der Waals surface area contributed by atoms with Gasteiger partial charge in [0.25, 0.3) is 0 Å². The van der Waals surface area contributed by atoms with Crippen molar-refractivity contribution in [3.05, 3.63) is 64.7 Å². The number of ether oxygens (including phenoxy) is 1. The van der Waals surface area contributed by atoms with E-state index < -0.39 is 23.0 Å². The van der Waals surface area contributed by atoms with Crippen LogP contribution in [-0.2, 0) is 6.42 Å². The van der Waals surface area contributed by atoms with E-state index in [0.717, 1.165) is 23.4 Å². The smallest absolute Gasteiger partial charge is 0.198 e. The van der Waals surface area contributed by atoms with Gasteiger partial charge in [-0.15, -0.1) is 0 Å². The van der Waals surface area contributed by atoms with Crippen LogP contribution in [0.25, 0.3) is 0 Å². The van der Waals surface area contributed by atoms with Gasteiger partial charge in [0.2, 0.25) is 0 Å². The number of halogens is 2. The molecule has 0 N–H and O–H groups in total. The number of ketones is 1. The third-order valence-corrected chi connectivity index (χ3v) is 3.35. The molecule has 0 saturated carbocycles. The molecule has 102 valence electrons. The Morgan fingerprint density at radius 2 is 1.90 bits per heavy atom. The van der Waals surface area contributed by atoms with Crippen LogP contribution in [0.15, 0.2) is 36.4 Å². The number of carbonyl (C=O) groups is 1. The van der Waals surface area contributed by atoms with Crippen molar-refractivity contribution in [2.45, 2.75) is 19.4 Å². The highest BCUT2D eigenvalue weighted by molar-refractivity contribution is 6.09. The number of fused-ring (bicyclic) bond motifs is 1. The van der Waals surface area contributed by atoms with Crippen LogP contribution in [-0.4, -0.2) is 11.9 Å². The Balaban J connectivity index is 2.02. The number of benzene rings is 2. The van der Waals surface area contributed by atoms with Crippen LogP contribution in [0.3, 0.4) is 0 Å². The number of rotatable bonds is 2. The fraction of sp³-hybridized carbons (Fsp3) is 0.188. The topological polar surface area (TPSA) is 26.3 Å². The standard InChI is InChI=1S/C16H12F2O2/c1-9-7-11-8-10(5-6-14(11)20-9)16(19)15-12(17)3-2-4-13(15)18/h2-6,8-9H,7H2,1H3. The molecule has 0 saturated heterocycles. The third-order valence-electron chi connectivity index (χ3n) is 3.35. The first-order chi connectivity index (χ1) is 9.56. The first-order valence-corrected chi connectivity index (χ1v) is 6.34. The molecule has 1 atom stereocenters. The van der Waals surface area contributed by atoms with Crippen LogP contribution in [0.1, 0.15) is 28.4 Å². The first-order valence-electron chi connectivity index (χ1n) is 6.34. The van der Waals surface area contributed by atoms with Crippen LogP contribution in [0.5, 0.6) is 5.75 Å². The van der Waals surface area contributed by atoms with E-state index in [9.17, 15) is 13.6 Å². The summed E-state index contributed by atoms with van der Waals surface area (Å²) >= 11 is 0. The van der Waals surface area contributed by atoms with Crippen LogP contribution >= 0.6 is 0 Å². The molecule has 2 nitrogen and oxygen atoms in total. The molecular weight excluding hydrogens is 262 g/mol. The molecule has 2 aromatic carbocycles. The van der Waals surface area contributed by atoms with Gasteiger partial charge in [-0.05, 0) is 42.8 Å². The summed E-state index contributed by atoms with van der Waals surface area (Å²) in [6.45, 7) is 1.93. The second-order valence-electron chi connectivity index (χ2n) is 4.88. The minimum atomic E-state index is -0.847. The summed E-state index contributed by atoms with van der Waals surface area (Å²) in [6, 6.07) is 8.24. The molecule has 0 fully saturated rings. The Morgan fingerprint density at radius 1 is 1.20 bits per heavy atom. The number of carbonyl (C=O) groups excluding carboxylic acids is 1. The molecule has 1 unspecified atom stereocenters. The summed E-state index contributed by atoms with van der Waals surface area (Å²) in [5.74, 6) is -1.62. The molecule has 0 spiro atoms. The van der Waals surface area contributed by atoms with Gasteiger partial charge >= 0.3 is 0 Å². The summed E-state index contributed by atoms with van der Waals surface area (Å²) in [5.41, 5.74) is 0.643. The normalized spacial score (nSPS) is 16.6. The summed E-state index contributed by atoms with van der Waals surface area (Å²) in [6.07, 6.45) is 0.747. The molecule has 4 heteroatoms.